The molecule has 0 aliphatic rings. The average Bonchev–Trinajstić information content (AvgIpc) is 2.77. The summed E-state index contributed by atoms with van der Waals surface area (Å²) in [6.45, 7) is -0.257. The summed E-state index contributed by atoms with van der Waals surface area (Å²) in [7, 11) is 0. The molecule has 2 N–H and O–H groups in total. The Balaban J connectivity index is 1.57. The lowest BCUT2D eigenvalue weighted by Gasteiger charge is -2.13. The van der Waals surface area contributed by atoms with Gasteiger partial charge in [-0.2, -0.15) is 13.2 Å². The number of rotatable bonds is 6. The number of carbonyl (C=O) groups is 2. The first-order valence-corrected chi connectivity index (χ1v) is 9.25. The van der Waals surface area contributed by atoms with Crippen molar-refractivity contribution in [3.8, 4) is 0 Å². The summed E-state index contributed by atoms with van der Waals surface area (Å²) >= 11 is 0. The summed E-state index contributed by atoms with van der Waals surface area (Å²) in [4.78, 5) is 28.2. The molecule has 0 bridgehead atoms. The highest BCUT2D eigenvalue weighted by Crippen LogP contribution is 2.31. The van der Waals surface area contributed by atoms with Gasteiger partial charge in [0, 0.05) is 36.3 Å². The second kappa shape index (κ2) is 9.71. The molecule has 31 heavy (non-hydrogen) atoms. The van der Waals surface area contributed by atoms with Crippen molar-refractivity contribution in [2.75, 3.05) is 5.32 Å². The minimum Gasteiger partial charge on any atom is -0.348 e. The minimum absolute atomic E-state index is 0.0202. The van der Waals surface area contributed by atoms with Crippen molar-refractivity contribution in [3.05, 3.63) is 101 Å². The Morgan fingerprint density at radius 1 is 0.935 bits per heavy atom. The first-order valence-electron chi connectivity index (χ1n) is 9.25. The Bertz CT molecular complexity index is 1080. The summed E-state index contributed by atoms with van der Waals surface area (Å²) in [6.07, 6.45) is 1.74. The van der Waals surface area contributed by atoms with Crippen LogP contribution in [0.1, 0.15) is 27.0 Å². The molecule has 8 heteroatoms. The van der Waals surface area contributed by atoms with E-state index in [4.69, 9.17) is 0 Å². The second-order valence-corrected chi connectivity index (χ2v) is 6.52. The van der Waals surface area contributed by atoms with Gasteiger partial charge in [0.05, 0.1) is 5.56 Å². The monoisotopic (exact) mass is 425 g/mol. The predicted molar refractivity (Wildman–Crippen MR) is 111 cm³/mol. The van der Waals surface area contributed by atoms with E-state index in [1.54, 1.807) is 30.6 Å². The van der Waals surface area contributed by atoms with Crippen LogP contribution < -0.4 is 10.6 Å². The second-order valence-electron chi connectivity index (χ2n) is 6.52. The van der Waals surface area contributed by atoms with Crippen LogP contribution in [-0.2, 0) is 17.5 Å². The van der Waals surface area contributed by atoms with Gasteiger partial charge >= 0.3 is 6.18 Å². The number of nitrogens with one attached hydrogen (secondary N) is 2. The van der Waals surface area contributed by atoms with Crippen LogP contribution in [0.4, 0.5) is 18.9 Å². The number of nitrogens with zero attached hydrogens (tertiary/aromatic N) is 1. The number of hydrogen-bond acceptors (Lipinski definition) is 3. The SMILES string of the molecule is O=C(/C=C/c1ccncc1)Nc1ccc(C(=O)NCc2ccccc2C(F)(F)F)cc1. The highest BCUT2D eigenvalue weighted by molar-refractivity contribution is 6.02. The van der Waals surface area contributed by atoms with E-state index in [0.717, 1.165) is 11.6 Å². The first kappa shape index (κ1) is 21.8. The molecule has 3 rings (SSSR count). The van der Waals surface area contributed by atoms with Gasteiger partial charge in [-0.3, -0.25) is 14.6 Å². The van der Waals surface area contributed by atoms with Gasteiger partial charge in [-0.25, -0.2) is 0 Å². The molecule has 0 fully saturated rings. The third-order valence-corrected chi connectivity index (χ3v) is 4.31. The number of anilines is 1. The summed E-state index contributed by atoms with van der Waals surface area (Å²) in [5, 5.41) is 5.15. The lowest BCUT2D eigenvalue weighted by Crippen LogP contribution is -2.24. The molecule has 1 heterocycles. The van der Waals surface area contributed by atoms with Gasteiger partial charge in [0.15, 0.2) is 0 Å². The summed E-state index contributed by atoms with van der Waals surface area (Å²) < 4.78 is 39.1. The molecule has 2 amide bonds. The van der Waals surface area contributed by atoms with Crippen LogP contribution >= 0.6 is 0 Å². The fraction of sp³-hybridized carbons (Fsp3) is 0.0870. The molecule has 5 nitrogen and oxygen atoms in total. The normalized spacial score (nSPS) is 11.3. The molecule has 0 saturated heterocycles. The van der Waals surface area contributed by atoms with Crippen LogP contribution in [0.15, 0.2) is 79.1 Å². The molecule has 2 aromatic carbocycles. The highest BCUT2D eigenvalue weighted by atomic mass is 19.4. The Labute approximate surface area is 176 Å². The molecular weight excluding hydrogens is 407 g/mol. The third kappa shape index (κ3) is 6.27. The van der Waals surface area contributed by atoms with Crippen LogP contribution in [0.5, 0.6) is 0 Å². The van der Waals surface area contributed by atoms with Crippen LogP contribution in [0.25, 0.3) is 6.08 Å². The molecule has 3 aromatic rings. The van der Waals surface area contributed by atoms with Crippen molar-refractivity contribution in [3.63, 3.8) is 0 Å². The van der Waals surface area contributed by atoms with E-state index in [0.29, 0.717) is 5.69 Å². The molecule has 0 radical (unpaired) electrons. The number of alkyl halides is 3. The molecule has 0 atom stereocenters. The predicted octanol–water partition coefficient (Wildman–Crippen LogP) is 4.68. The Morgan fingerprint density at radius 2 is 1.61 bits per heavy atom. The van der Waals surface area contributed by atoms with E-state index >= 15 is 0 Å². The molecule has 158 valence electrons. The zero-order valence-corrected chi connectivity index (χ0v) is 16.2. The summed E-state index contributed by atoms with van der Waals surface area (Å²) in [5.74, 6) is -0.870. The Hall–Kier alpha value is -3.94. The number of amides is 2. The molecule has 0 saturated carbocycles. The number of benzene rings is 2. The molecular formula is C23H18F3N3O2. The quantitative estimate of drug-likeness (QED) is 0.564. The number of hydrogen-bond donors (Lipinski definition) is 2. The summed E-state index contributed by atoms with van der Waals surface area (Å²) in [6, 6.07) is 14.6. The Morgan fingerprint density at radius 3 is 2.29 bits per heavy atom. The van der Waals surface area contributed by atoms with Crippen molar-refractivity contribution in [2.24, 2.45) is 0 Å². The van der Waals surface area contributed by atoms with E-state index in [-0.39, 0.29) is 23.6 Å². The number of pyridine rings is 1. The lowest BCUT2D eigenvalue weighted by atomic mass is 10.1. The van der Waals surface area contributed by atoms with Crippen molar-refractivity contribution in [1.82, 2.24) is 10.3 Å². The van der Waals surface area contributed by atoms with Gasteiger partial charge in [0.1, 0.15) is 0 Å². The van der Waals surface area contributed by atoms with E-state index < -0.39 is 17.6 Å². The maximum Gasteiger partial charge on any atom is 0.416 e. The van der Waals surface area contributed by atoms with Gasteiger partial charge in [0.2, 0.25) is 5.91 Å². The van der Waals surface area contributed by atoms with E-state index in [1.807, 2.05) is 0 Å². The highest BCUT2D eigenvalue weighted by Gasteiger charge is 2.32. The van der Waals surface area contributed by atoms with E-state index in [9.17, 15) is 22.8 Å². The minimum atomic E-state index is -4.49. The van der Waals surface area contributed by atoms with Crippen LogP contribution in [-0.4, -0.2) is 16.8 Å². The topological polar surface area (TPSA) is 71.1 Å². The van der Waals surface area contributed by atoms with Crippen LogP contribution in [0.3, 0.4) is 0 Å². The molecule has 0 spiro atoms. The third-order valence-electron chi connectivity index (χ3n) is 4.31. The Kier molecular flexibility index (Phi) is 6.81. The fourth-order valence-electron chi connectivity index (χ4n) is 2.76. The first-order chi connectivity index (χ1) is 14.8. The molecule has 0 aliphatic heterocycles. The van der Waals surface area contributed by atoms with Gasteiger partial charge < -0.3 is 10.6 Å². The zero-order chi connectivity index (χ0) is 22.3. The maximum atomic E-state index is 13.0. The van der Waals surface area contributed by atoms with Crippen LogP contribution in [0.2, 0.25) is 0 Å². The number of halogens is 3. The summed E-state index contributed by atoms with van der Waals surface area (Å²) in [5.41, 5.74) is 0.754. The van der Waals surface area contributed by atoms with Crippen molar-refractivity contribution >= 4 is 23.6 Å². The number of carbonyl (C=O) groups excluding carboxylic acids is 2. The van der Waals surface area contributed by atoms with Crippen molar-refractivity contribution in [1.29, 1.82) is 0 Å². The zero-order valence-electron chi connectivity index (χ0n) is 16.2. The molecule has 0 unspecified atom stereocenters. The van der Waals surface area contributed by atoms with Gasteiger partial charge in [-0.05, 0) is 59.7 Å². The lowest BCUT2D eigenvalue weighted by molar-refractivity contribution is -0.138. The standard InChI is InChI=1S/C23H18F3N3O2/c24-23(25,26)20-4-2-1-3-18(20)15-28-22(31)17-6-8-19(9-7-17)29-21(30)10-5-16-11-13-27-14-12-16/h1-14H,15H2,(H,28,31)(H,29,30)/b10-5+. The average molecular weight is 425 g/mol. The van der Waals surface area contributed by atoms with Gasteiger partial charge in [-0.15, -0.1) is 0 Å². The number of aromatic nitrogens is 1. The van der Waals surface area contributed by atoms with Gasteiger partial charge in [-0.1, -0.05) is 18.2 Å². The van der Waals surface area contributed by atoms with E-state index in [2.05, 4.69) is 15.6 Å². The fourth-order valence-corrected chi connectivity index (χ4v) is 2.76. The largest absolute Gasteiger partial charge is 0.416 e. The molecule has 0 aliphatic carbocycles. The van der Waals surface area contributed by atoms with Crippen molar-refractivity contribution in [2.45, 2.75) is 12.7 Å². The smallest absolute Gasteiger partial charge is 0.348 e. The van der Waals surface area contributed by atoms with E-state index in [1.165, 1.54) is 48.5 Å². The molecule has 1 aromatic heterocycles. The van der Waals surface area contributed by atoms with Crippen LogP contribution in [0, 0.1) is 0 Å². The van der Waals surface area contributed by atoms with Gasteiger partial charge in [0.25, 0.3) is 5.91 Å². The van der Waals surface area contributed by atoms with Crippen molar-refractivity contribution < 1.29 is 22.8 Å². The maximum absolute atomic E-state index is 13.0.